The summed E-state index contributed by atoms with van der Waals surface area (Å²) in [5.74, 6) is 0.643. The van der Waals surface area contributed by atoms with E-state index in [1.807, 2.05) is 0 Å². The second-order valence-electron chi connectivity index (χ2n) is 20.1. The maximum absolute atomic E-state index is 5.24. The average Bonchev–Trinajstić information content (AvgIpc) is 2.91. The van der Waals surface area contributed by atoms with Gasteiger partial charge in [0.1, 0.15) is 0 Å². The van der Waals surface area contributed by atoms with E-state index in [-0.39, 0.29) is 0 Å². The molecule has 9 heteroatoms. The Kier molecular flexibility index (Phi) is 38.4. The van der Waals surface area contributed by atoms with Crippen molar-refractivity contribution in [1.29, 1.82) is 0 Å². The van der Waals surface area contributed by atoms with Gasteiger partial charge in [0.2, 0.25) is 0 Å². The van der Waals surface area contributed by atoms with Crippen LogP contribution in [0.5, 0.6) is 0 Å². The molecule has 0 heterocycles. The summed E-state index contributed by atoms with van der Waals surface area (Å²) in [6, 6.07) is 0. The Bertz CT molecular complexity index is 749. The molecule has 0 atom stereocenters. The predicted octanol–water partition coefficient (Wildman–Crippen LogP) is 3.06. The van der Waals surface area contributed by atoms with Crippen LogP contribution >= 0.6 is 0 Å². The first-order chi connectivity index (χ1) is 22.5. The normalized spacial score (nSPS) is 11.6. The number of hydrogen-bond donors (Lipinski definition) is 9. The highest BCUT2D eigenvalue weighted by Gasteiger charge is 2.11. The lowest BCUT2D eigenvalue weighted by Gasteiger charge is -2.16. The second-order valence-corrected chi connectivity index (χ2v) is 20.1. The highest BCUT2D eigenvalue weighted by Crippen LogP contribution is 2.23. The van der Waals surface area contributed by atoms with Gasteiger partial charge in [0.25, 0.3) is 0 Å². The molecular weight excluding hydrogens is 619 g/mol. The molecule has 0 aromatic rings. The molecule has 0 aliphatic rings. The Balaban J connectivity index is -0.000000170. The molecule has 0 saturated carbocycles. The SMILES string of the molecule is CC(C)(C)CCCCC[NH3+].CC(C)(C)CCCC[NH+]=C(N)N.CC(C)(C)CCCC[NH3+].CC(C)(C)CCC[NH+]=C(N)N.CC(C)(C)CCC[NH3+]. The minimum Gasteiger partial charge on any atom is -0.358 e. The molecule has 0 rings (SSSR count). The van der Waals surface area contributed by atoms with Crippen molar-refractivity contribution in [1.82, 2.24) is 0 Å². The molecule has 0 aliphatic carbocycles. The van der Waals surface area contributed by atoms with Crippen LogP contribution in [0.3, 0.4) is 0 Å². The summed E-state index contributed by atoms with van der Waals surface area (Å²) in [6.45, 7) is 39.0. The van der Waals surface area contributed by atoms with Gasteiger partial charge in [-0.3, -0.25) is 32.9 Å². The van der Waals surface area contributed by atoms with Gasteiger partial charge in [0.15, 0.2) is 0 Å². The van der Waals surface area contributed by atoms with Crippen LogP contribution in [0.4, 0.5) is 0 Å². The summed E-state index contributed by atoms with van der Waals surface area (Å²) in [5.41, 5.74) is 34.8. The third-order valence-corrected chi connectivity index (χ3v) is 7.40. The van der Waals surface area contributed by atoms with Crippen molar-refractivity contribution in [3.05, 3.63) is 0 Å². The number of hydrogen-bond acceptors (Lipinski definition) is 0. The molecule has 50 heavy (non-hydrogen) atoms. The van der Waals surface area contributed by atoms with Crippen molar-refractivity contribution >= 4 is 11.9 Å². The molecule has 0 unspecified atom stereocenters. The molecule has 306 valence electrons. The smallest absolute Gasteiger partial charge is 0.338 e. The highest BCUT2D eigenvalue weighted by molar-refractivity contribution is 5.69. The van der Waals surface area contributed by atoms with E-state index in [0.29, 0.717) is 39.0 Å². The zero-order valence-corrected chi connectivity index (χ0v) is 37.4. The third kappa shape index (κ3) is 85.7. The van der Waals surface area contributed by atoms with Gasteiger partial charge in [-0.1, -0.05) is 110 Å². The zero-order valence-electron chi connectivity index (χ0n) is 37.4. The van der Waals surface area contributed by atoms with Crippen molar-refractivity contribution in [3.63, 3.8) is 0 Å². The van der Waals surface area contributed by atoms with E-state index in [0.717, 1.165) is 45.6 Å². The molecule has 0 aromatic heterocycles. The van der Waals surface area contributed by atoms with E-state index >= 15 is 0 Å². The van der Waals surface area contributed by atoms with Crippen molar-refractivity contribution in [2.24, 2.45) is 50.0 Å². The molecule has 0 amide bonds. The van der Waals surface area contributed by atoms with Crippen LogP contribution in [-0.4, -0.2) is 44.6 Å². The third-order valence-electron chi connectivity index (χ3n) is 7.40. The van der Waals surface area contributed by atoms with Crippen molar-refractivity contribution in [2.75, 3.05) is 32.7 Å². The summed E-state index contributed by atoms with van der Waals surface area (Å²) in [4.78, 5) is 5.79. The Morgan fingerprint density at radius 1 is 0.340 bits per heavy atom. The highest BCUT2D eigenvalue weighted by atomic mass is 15.0. The van der Waals surface area contributed by atoms with Gasteiger partial charge in [-0.05, 0) is 111 Å². The molecule has 9 nitrogen and oxygen atoms in total. The maximum atomic E-state index is 5.24. The van der Waals surface area contributed by atoms with Gasteiger partial charge in [-0.25, -0.2) is 0 Å². The van der Waals surface area contributed by atoms with Gasteiger partial charge < -0.3 is 17.2 Å². The summed E-state index contributed by atoms with van der Waals surface area (Å²) in [5, 5.41) is 0. The largest absolute Gasteiger partial charge is 0.358 e. The molecule has 0 bridgehead atoms. The van der Waals surface area contributed by atoms with E-state index in [4.69, 9.17) is 22.9 Å². The second kappa shape index (κ2) is 33.3. The van der Waals surface area contributed by atoms with Crippen molar-refractivity contribution in [3.8, 4) is 0 Å². The zero-order chi connectivity index (χ0) is 40.5. The molecule has 0 saturated heterocycles. The summed E-state index contributed by atoms with van der Waals surface area (Å²) in [7, 11) is 0. The van der Waals surface area contributed by atoms with Crippen LogP contribution in [0.1, 0.15) is 194 Å². The first-order valence-corrected chi connectivity index (χ1v) is 20.1. The predicted molar refractivity (Wildman–Crippen MR) is 224 cm³/mol. The van der Waals surface area contributed by atoms with E-state index in [2.05, 4.69) is 131 Å². The van der Waals surface area contributed by atoms with E-state index in [1.165, 1.54) is 77.0 Å². The molecule has 0 spiro atoms. The Morgan fingerprint density at radius 2 is 0.580 bits per heavy atom. The number of rotatable bonds is 16. The molecular formula is C41H102N9+5. The Labute approximate surface area is 315 Å². The summed E-state index contributed by atoms with van der Waals surface area (Å²) >= 11 is 0. The summed E-state index contributed by atoms with van der Waals surface area (Å²) < 4.78 is 0. The number of nitrogens with one attached hydrogen (secondary N) is 2. The average molecular weight is 721 g/mol. The van der Waals surface area contributed by atoms with Crippen LogP contribution in [0, 0.1) is 27.1 Å². The molecule has 0 radical (unpaired) electrons. The minimum atomic E-state index is 0.318. The monoisotopic (exact) mass is 721 g/mol. The number of nitrogens with two attached hydrogens (primary N) is 4. The van der Waals surface area contributed by atoms with Crippen LogP contribution in [-0.2, 0) is 0 Å². The molecule has 19 N–H and O–H groups in total. The first-order valence-electron chi connectivity index (χ1n) is 20.1. The van der Waals surface area contributed by atoms with Gasteiger partial charge in [-0.15, -0.1) is 0 Å². The van der Waals surface area contributed by atoms with Crippen LogP contribution in [0.15, 0.2) is 0 Å². The van der Waals surface area contributed by atoms with Gasteiger partial charge in [0.05, 0.1) is 32.7 Å². The topological polar surface area (TPSA) is 215 Å². The summed E-state index contributed by atoms with van der Waals surface area (Å²) in [6.07, 6.45) is 17.8. The van der Waals surface area contributed by atoms with Crippen LogP contribution in [0.2, 0.25) is 0 Å². The lowest BCUT2D eigenvalue weighted by atomic mass is 9.89. The number of quaternary nitrogens is 3. The van der Waals surface area contributed by atoms with E-state index in [1.54, 1.807) is 0 Å². The van der Waals surface area contributed by atoms with Crippen LogP contribution < -0.4 is 50.1 Å². The van der Waals surface area contributed by atoms with Crippen molar-refractivity contribution < 1.29 is 27.2 Å². The molecule has 0 aliphatic heterocycles. The molecule has 0 fully saturated rings. The van der Waals surface area contributed by atoms with Gasteiger partial charge in [-0.2, -0.15) is 0 Å². The quantitative estimate of drug-likeness (QED) is 0.0668. The number of unbranched alkanes of at least 4 members (excludes halogenated alkanes) is 4. The number of guanidine groups is 2. The van der Waals surface area contributed by atoms with Crippen LogP contribution in [0.25, 0.3) is 0 Å². The fourth-order valence-corrected chi connectivity index (χ4v) is 4.36. The minimum absolute atomic E-state index is 0.318. The fourth-order valence-electron chi connectivity index (χ4n) is 4.36. The lowest BCUT2D eigenvalue weighted by molar-refractivity contribution is -0.460. The first kappa shape index (κ1) is 57.8. The van der Waals surface area contributed by atoms with E-state index < -0.39 is 0 Å². The Hall–Kier alpha value is -1.58. The van der Waals surface area contributed by atoms with Crippen molar-refractivity contribution in [2.45, 2.75) is 194 Å². The standard InChI is InChI=1S/C9H21N3.C9H21N.C8H19N3.C8H19N.C7H17N/c1-9(2,3)6-4-5-7-12-8(10)11;1-9(2,3)7-5-4-6-8-10;1-8(2,3)5-4-6-11-7(9)10;1-8(2,3)6-4-5-7-9;1-7(2,3)5-4-6-8/h4-7H2,1-3H3,(H4,10,11,12);4-8,10H2,1-3H3;4-6H2,1-3H3,(H4,9,10,11);4-7,9H2,1-3H3;4-6,8H2,1-3H3/p+5. The maximum Gasteiger partial charge on any atom is 0.338 e. The van der Waals surface area contributed by atoms with Gasteiger partial charge >= 0.3 is 11.9 Å². The lowest BCUT2D eigenvalue weighted by Crippen LogP contribution is -2.78. The molecule has 0 aromatic carbocycles. The Morgan fingerprint density at radius 3 is 0.860 bits per heavy atom. The fraction of sp³-hybridized carbons (Fsp3) is 0.951. The van der Waals surface area contributed by atoms with Gasteiger partial charge in [0, 0.05) is 0 Å². The van der Waals surface area contributed by atoms with E-state index in [9.17, 15) is 0 Å².